The SMILES string of the molecule is O=C(c1ccc(Br)cc1)[C@@H]1[C@@H]2C(=O)N(c3ccccc3)C(=O)[C@@H]2[C@H]2C=Cc3cc(Cl)ccc3N21. The number of fused-ring (bicyclic) bond motifs is 5. The number of Topliss-reactive ketones (excluding diaryl/α,β-unsaturated/α-hetero) is 1. The average Bonchev–Trinajstić information content (AvgIpc) is 3.32. The van der Waals surface area contributed by atoms with Crippen molar-refractivity contribution in [2.24, 2.45) is 11.8 Å². The summed E-state index contributed by atoms with van der Waals surface area (Å²) in [6, 6.07) is 20.2. The van der Waals surface area contributed by atoms with E-state index < -0.39 is 23.9 Å². The number of rotatable bonds is 3. The standard InChI is InChI=1S/C27H18BrClN2O3/c28-17-9-6-15(7-10-17)25(32)24-23-22(26(33)30(27(23)34)19-4-2-1-3-5-19)21-12-8-16-14-18(29)11-13-20(16)31(21)24/h1-14,21-24H/t21-,22-,23-,24+/m1/s1. The Kier molecular flexibility index (Phi) is 4.97. The van der Waals surface area contributed by atoms with Gasteiger partial charge in [0.15, 0.2) is 5.78 Å². The third-order valence-electron chi connectivity index (χ3n) is 6.88. The number of benzene rings is 3. The fraction of sp³-hybridized carbons (Fsp3) is 0.148. The molecule has 0 radical (unpaired) electrons. The lowest BCUT2D eigenvalue weighted by Crippen LogP contribution is -2.48. The Morgan fingerprint density at radius 1 is 0.882 bits per heavy atom. The van der Waals surface area contributed by atoms with Crippen LogP contribution in [0.25, 0.3) is 6.08 Å². The van der Waals surface area contributed by atoms with Crippen molar-refractivity contribution in [2.45, 2.75) is 12.1 Å². The maximum atomic E-state index is 13.9. The number of anilines is 2. The Morgan fingerprint density at radius 2 is 1.59 bits per heavy atom. The van der Waals surface area contributed by atoms with E-state index in [9.17, 15) is 14.4 Å². The number of carbonyl (C=O) groups is 3. The van der Waals surface area contributed by atoms with Crippen molar-refractivity contribution in [3.8, 4) is 0 Å². The quantitative estimate of drug-likeness (QED) is 0.335. The maximum absolute atomic E-state index is 13.9. The zero-order valence-electron chi connectivity index (χ0n) is 17.8. The van der Waals surface area contributed by atoms with Crippen molar-refractivity contribution >= 4 is 62.6 Å². The summed E-state index contributed by atoms with van der Waals surface area (Å²) in [5.74, 6) is -2.24. The maximum Gasteiger partial charge on any atom is 0.240 e. The Morgan fingerprint density at radius 3 is 2.32 bits per heavy atom. The molecule has 0 saturated carbocycles. The van der Waals surface area contributed by atoms with Gasteiger partial charge in [-0.1, -0.05) is 70.0 Å². The number of hydrogen-bond acceptors (Lipinski definition) is 4. The van der Waals surface area contributed by atoms with E-state index in [0.29, 0.717) is 16.3 Å². The van der Waals surface area contributed by atoms with E-state index in [1.54, 1.807) is 54.6 Å². The fourth-order valence-electron chi connectivity index (χ4n) is 5.46. The first-order valence-corrected chi connectivity index (χ1v) is 12.1. The van der Waals surface area contributed by atoms with Crippen LogP contribution in [0.3, 0.4) is 0 Å². The van der Waals surface area contributed by atoms with E-state index in [2.05, 4.69) is 15.9 Å². The molecule has 3 aromatic carbocycles. The van der Waals surface area contributed by atoms with Crippen molar-refractivity contribution in [1.29, 1.82) is 0 Å². The molecule has 5 nitrogen and oxygen atoms in total. The first-order chi connectivity index (χ1) is 16.5. The van der Waals surface area contributed by atoms with Crippen LogP contribution in [0.15, 0.2) is 83.3 Å². The zero-order chi connectivity index (χ0) is 23.6. The second-order valence-corrected chi connectivity index (χ2v) is 10.0. The first-order valence-electron chi connectivity index (χ1n) is 10.9. The Hall–Kier alpha value is -3.22. The summed E-state index contributed by atoms with van der Waals surface area (Å²) < 4.78 is 0.856. The van der Waals surface area contributed by atoms with Crippen LogP contribution in [0, 0.1) is 11.8 Å². The molecule has 0 aromatic heterocycles. The molecule has 2 amide bonds. The van der Waals surface area contributed by atoms with Crippen LogP contribution in [0.5, 0.6) is 0 Å². The number of amides is 2. The summed E-state index contributed by atoms with van der Waals surface area (Å²) in [7, 11) is 0. The Labute approximate surface area is 209 Å². The van der Waals surface area contributed by atoms with E-state index in [-0.39, 0.29) is 17.6 Å². The average molecular weight is 534 g/mol. The topological polar surface area (TPSA) is 57.7 Å². The fourth-order valence-corrected chi connectivity index (χ4v) is 5.91. The Balaban J connectivity index is 1.50. The highest BCUT2D eigenvalue weighted by atomic mass is 79.9. The molecule has 168 valence electrons. The summed E-state index contributed by atoms with van der Waals surface area (Å²) in [6.45, 7) is 0. The molecule has 0 N–H and O–H groups in total. The van der Waals surface area contributed by atoms with Crippen LogP contribution in [-0.4, -0.2) is 29.7 Å². The highest BCUT2D eigenvalue weighted by molar-refractivity contribution is 9.10. The third-order valence-corrected chi connectivity index (χ3v) is 7.64. The monoisotopic (exact) mass is 532 g/mol. The van der Waals surface area contributed by atoms with Gasteiger partial charge < -0.3 is 4.90 Å². The summed E-state index contributed by atoms with van der Waals surface area (Å²) >= 11 is 9.63. The summed E-state index contributed by atoms with van der Waals surface area (Å²) in [6.07, 6.45) is 3.85. The largest absolute Gasteiger partial charge is 0.352 e. The molecule has 2 saturated heterocycles. The minimum absolute atomic E-state index is 0.183. The molecular weight excluding hydrogens is 516 g/mol. The zero-order valence-corrected chi connectivity index (χ0v) is 20.1. The van der Waals surface area contributed by atoms with Gasteiger partial charge in [-0.2, -0.15) is 0 Å². The summed E-state index contributed by atoms with van der Waals surface area (Å²) in [5, 5.41) is 0.583. The molecule has 3 aliphatic heterocycles. The van der Waals surface area contributed by atoms with Crippen molar-refractivity contribution < 1.29 is 14.4 Å². The highest BCUT2D eigenvalue weighted by Gasteiger charge is 2.64. The van der Waals surface area contributed by atoms with E-state index in [1.165, 1.54) is 4.90 Å². The molecule has 0 aliphatic carbocycles. The minimum Gasteiger partial charge on any atom is -0.352 e. The van der Waals surface area contributed by atoms with Crippen molar-refractivity contribution in [3.63, 3.8) is 0 Å². The molecule has 0 unspecified atom stereocenters. The molecule has 3 aliphatic rings. The normalized spacial score (nSPS) is 24.8. The van der Waals surface area contributed by atoms with E-state index in [1.807, 2.05) is 35.3 Å². The summed E-state index contributed by atoms with van der Waals surface area (Å²) in [5.41, 5.74) is 2.68. The van der Waals surface area contributed by atoms with E-state index >= 15 is 0 Å². The van der Waals surface area contributed by atoms with Gasteiger partial charge in [-0.25, -0.2) is 4.90 Å². The molecule has 7 heteroatoms. The van der Waals surface area contributed by atoms with Crippen LogP contribution >= 0.6 is 27.5 Å². The van der Waals surface area contributed by atoms with Gasteiger partial charge >= 0.3 is 0 Å². The van der Waals surface area contributed by atoms with Crippen molar-refractivity contribution in [1.82, 2.24) is 0 Å². The molecule has 3 aromatic rings. The van der Waals surface area contributed by atoms with Crippen molar-refractivity contribution in [3.05, 3.63) is 99.5 Å². The summed E-state index contributed by atoms with van der Waals surface area (Å²) in [4.78, 5) is 44.6. The number of hydrogen-bond donors (Lipinski definition) is 0. The van der Waals surface area contributed by atoms with E-state index in [4.69, 9.17) is 11.6 Å². The molecule has 3 heterocycles. The number of halogens is 2. The number of para-hydroxylation sites is 1. The Bertz CT molecular complexity index is 1370. The van der Waals surface area contributed by atoms with Crippen LogP contribution < -0.4 is 9.80 Å². The van der Waals surface area contributed by atoms with Gasteiger partial charge in [-0.3, -0.25) is 14.4 Å². The van der Waals surface area contributed by atoms with Gasteiger partial charge in [0.05, 0.1) is 23.6 Å². The lowest BCUT2D eigenvalue weighted by Gasteiger charge is -2.36. The molecular formula is C27H18BrClN2O3. The minimum atomic E-state index is -0.814. The molecule has 0 spiro atoms. The van der Waals surface area contributed by atoms with Crippen LogP contribution in [-0.2, 0) is 9.59 Å². The van der Waals surface area contributed by atoms with Gasteiger partial charge in [0.25, 0.3) is 0 Å². The number of ketones is 1. The van der Waals surface area contributed by atoms with Gasteiger partial charge in [0.1, 0.15) is 6.04 Å². The van der Waals surface area contributed by atoms with Crippen LogP contribution in [0.1, 0.15) is 15.9 Å². The third kappa shape index (κ3) is 3.09. The molecule has 4 atom stereocenters. The van der Waals surface area contributed by atoms with Gasteiger partial charge in [-0.15, -0.1) is 0 Å². The van der Waals surface area contributed by atoms with E-state index in [0.717, 1.165) is 15.7 Å². The van der Waals surface area contributed by atoms with Crippen LogP contribution in [0.4, 0.5) is 11.4 Å². The lowest BCUT2D eigenvalue weighted by atomic mass is 9.86. The molecule has 6 rings (SSSR count). The van der Waals surface area contributed by atoms with Gasteiger partial charge in [0, 0.05) is 20.7 Å². The highest BCUT2D eigenvalue weighted by Crippen LogP contribution is 2.50. The van der Waals surface area contributed by atoms with Gasteiger partial charge in [-0.05, 0) is 48.0 Å². The lowest BCUT2D eigenvalue weighted by molar-refractivity contribution is -0.122. The number of nitrogens with zero attached hydrogens (tertiary/aromatic N) is 2. The predicted molar refractivity (Wildman–Crippen MR) is 135 cm³/mol. The van der Waals surface area contributed by atoms with Crippen molar-refractivity contribution in [2.75, 3.05) is 9.80 Å². The second kappa shape index (κ2) is 7.93. The van der Waals surface area contributed by atoms with Gasteiger partial charge in [0.2, 0.25) is 11.8 Å². The predicted octanol–water partition coefficient (Wildman–Crippen LogP) is 5.38. The first kappa shape index (κ1) is 21.3. The smallest absolute Gasteiger partial charge is 0.240 e. The number of carbonyl (C=O) groups excluding carboxylic acids is 3. The van der Waals surface area contributed by atoms with Crippen LogP contribution in [0.2, 0.25) is 5.02 Å². The molecule has 2 fully saturated rings. The molecule has 0 bridgehead atoms. The second-order valence-electron chi connectivity index (χ2n) is 8.68. The number of imide groups is 1. The molecule has 34 heavy (non-hydrogen) atoms.